The Kier molecular flexibility index (Phi) is 7.79. The number of urea groups is 1. The molecular formula is C18H30N4O4S. The second-order valence-corrected chi connectivity index (χ2v) is 9.20. The molecule has 0 bridgehead atoms. The van der Waals surface area contributed by atoms with Gasteiger partial charge < -0.3 is 16.4 Å². The van der Waals surface area contributed by atoms with Crippen molar-refractivity contribution in [2.45, 2.75) is 64.1 Å². The highest BCUT2D eigenvalue weighted by Crippen LogP contribution is 2.18. The van der Waals surface area contributed by atoms with Gasteiger partial charge in [0.2, 0.25) is 15.9 Å². The Morgan fingerprint density at radius 2 is 1.78 bits per heavy atom. The van der Waals surface area contributed by atoms with Crippen LogP contribution in [0.4, 0.5) is 4.79 Å². The predicted octanol–water partition coefficient (Wildman–Crippen LogP) is 1.46. The normalized spacial score (nSPS) is 14.3. The van der Waals surface area contributed by atoms with Crippen molar-refractivity contribution in [2.24, 2.45) is 11.7 Å². The van der Waals surface area contributed by atoms with E-state index in [1.54, 1.807) is 39.0 Å². The van der Waals surface area contributed by atoms with Crippen molar-refractivity contribution in [3.63, 3.8) is 0 Å². The van der Waals surface area contributed by atoms with Crippen LogP contribution in [0.2, 0.25) is 0 Å². The van der Waals surface area contributed by atoms with E-state index in [2.05, 4.69) is 15.4 Å². The summed E-state index contributed by atoms with van der Waals surface area (Å²) in [5, 5.41) is 5.13. The fourth-order valence-corrected chi connectivity index (χ4v) is 4.18. The molecule has 0 fully saturated rings. The summed E-state index contributed by atoms with van der Waals surface area (Å²) >= 11 is 0. The van der Waals surface area contributed by atoms with E-state index in [4.69, 9.17) is 5.73 Å². The summed E-state index contributed by atoms with van der Waals surface area (Å²) in [6, 6.07) is 4.88. The van der Waals surface area contributed by atoms with E-state index >= 15 is 0 Å². The number of hydrogen-bond donors (Lipinski definition) is 4. The quantitative estimate of drug-likeness (QED) is 0.528. The first-order valence-corrected chi connectivity index (χ1v) is 10.3. The van der Waals surface area contributed by atoms with Gasteiger partial charge in [-0.25, -0.2) is 17.9 Å². The number of sulfonamides is 1. The van der Waals surface area contributed by atoms with E-state index in [-0.39, 0.29) is 17.4 Å². The Balaban J connectivity index is 3.00. The summed E-state index contributed by atoms with van der Waals surface area (Å²) in [6.45, 7) is 8.98. The topological polar surface area (TPSA) is 130 Å². The maximum absolute atomic E-state index is 12.6. The van der Waals surface area contributed by atoms with Gasteiger partial charge in [0.15, 0.2) is 0 Å². The Bertz CT molecular complexity index is 772. The van der Waals surface area contributed by atoms with Crippen LogP contribution in [0.15, 0.2) is 29.2 Å². The lowest BCUT2D eigenvalue weighted by atomic mass is 9.98. The Hall–Kier alpha value is -2.13. The van der Waals surface area contributed by atoms with Gasteiger partial charge >= 0.3 is 6.03 Å². The molecule has 2 atom stereocenters. The van der Waals surface area contributed by atoms with Crippen LogP contribution >= 0.6 is 0 Å². The third-order valence-electron chi connectivity index (χ3n) is 3.95. The molecule has 1 aromatic rings. The highest BCUT2D eigenvalue weighted by Gasteiger charge is 2.27. The van der Waals surface area contributed by atoms with Crippen LogP contribution in [0.3, 0.4) is 0 Å². The number of primary amides is 1. The standard InChI is InChI=1S/C18H30N4O4S/c1-6-12(2)15(21-17(19)24)16(23)20-11-13-9-7-8-10-14(13)27(25,26)22-18(3,4)5/h7-10,12,15,22H,6,11H2,1-5H3,(H,20,23)(H3,19,21,24)/t12-,15+/m0/s1. The molecule has 0 unspecified atom stereocenters. The fourth-order valence-electron chi connectivity index (χ4n) is 2.52. The van der Waals surface area contributed by atoms with Gasteiger partial charge in [0.05, 0.1) is 4.90 Å². The number of hydrogen-bond acceptors (Lipinski definition) is 4. The van der Waals surface area contributed by atoms with Crippen LogP contribution in [0.5, 0.6) is 0 Å². The monoisotopic (exact) mass is 398 g/mol. The first kappa shape index (κ1) is 22.9. The highest BCUT2D eigenvalue weighted by atomic mass is 32.2. The average molecular weight is 399 g/mol. The maximum Gasteiger partial charge on any atom is 0.312 e. The summed E-state index contributed by atoms with van der Waals surface area (Å²) in [5.41, 5.74) is 4.97. The molecule has 0 spiro atoms. The van der Waals surface area contributed by atoms with Crippen molar-refractivity contribution in [3.8, 4) is 0 Å². The van der Waals surface area contributed by atoms with Crippen LogP contribution in [0.1, 0.15) is 46.6 Å². The zero-order valence-electron chi connectivity index (χ0n) is 16.5. The van der Waals surface area contributed by atoms with E-state index in [1.165, 1.54) is 6.07 Å². The Labute approximate surface area is 161 Å². The van der Waals surface area contributed by atoms with Crippen molar-refractivity contribution in [1.82, 2.24) is 15.4 Å². The molecule has 0 saturated heterocycles. The number of benzene rings is 1. The van der Waals surface area contributed by atoms with Gasteiger partial charge in [-0.1, -0.05) is 38.5 Å². The number of nitrogens with two attached hydrogens (primary N) is 1. The Morgan fingerprint density at radius 1 is 1.19 bits per heavy atom. The van der Waals surface area contributed by atoms with E-state index in [1.807, 2.05) is 13.8 Å². The second kappa shape index (κ2) is 9.18. The van der Waals surface area contributed by atoms with E-state index in [0.717, 1.165) is 0 Å². The molecule has 0 aliphatic rings. The first-order valence-electron chi connectivity index (χ1n) is 8.83. The molecule has 5 N–H and O–H groups in total. The van der Waals surface area contributed by atoms with Gasteiger partial charge in [0.25, 0.3) is 0 Å². The first-order chi connectivity index (χ1) is 12.4. The second-order valence-electron chi connectivity index (χ2n) is 7.55. The van der Waals surface area contributed by atoms with Gasteiger partial charge in [0.1, 0.15) is 6.04 Å². The molecule has 9 heteroatoms. The molecule has 0 aliphatic carbocycles. The molecule has 27 heavy (non-hydrogen) atoms. The molecule has 3 amide bonds. The van der Waals surface area contributed by atoms with E-state index < -0.39 is 33.5 Å². The minimum Gasteiger partial charge on any atom is -0.352 e. The largest absolute Gasteiger partial charge is 0.352 e. The molecule has 0 saturated carbocycles. The van der Waals surface area contributed by atoms with Crippen LogP contribution in [0.25, 0.3) is 0 Å². The minimum atomic E-state index is -3.75. The number of carbonyl (C=O) groups is 2. The van der Waals surface area contributed by atoms with Gasteiger partial charge in [-0.15, -0.1) is 0 Å². The smallest absolute Gasteiger partial charge is 0.312 e. The molecule has 152 valence electrons. The van der Waals surface area contributed by atoms with Crippen LogP contribution in [-0.2, 0) is 21.4 Å². The third-order valence-corrected chi connectivity index (χ3v) is 5.81. The van der Waals surface area contributed by atoms with Gasteiger partial charge in [0, 0.05) is 12.1 Å². The number of amides is 3. The van der Waals surface area contributed by atoms with Crippen molar-refractivity contribution in [2.75, 3.05) is 0 Å². The molecule has 1 aromatic carbocycles. The average Bonchev–Trinajstić information content (AvgIpc) is 2.54. The molecular weight excluding hydrogens is 368 g/mol. The Morgan fingerprint density at radius 3 is 2.30 bits per heavy atom. The summed E-state index contributed by atoms with van der Waals surface area (Å²) in [4.78, 5) is 23.8. The molecule has 0 heterocycles. The van der Waals surface area contributed by atoms with Crippen molar-refractivity contribution >= 4 is 22.0 Å². The fraction of sp³-hybridized carbons (Fsp3) is 0.556. The lowest BCUT2D eigenvalue weighted by Gasteiger charge is -2.23. The maximum atomic E-state index is 12.6. The van der Waals surface area contributed by atoms with E-state index in [0.29, 0.717) is 12.0 Å². The molecule has 8 nitrogen and oxygen atoms in total. The molecule has 1 rings (SSSR count). The lowest BCUT2D eigenvalue weighted by molar-refractivity contribution is -0.124. The van der Waals surface area contributed by atoms with Crippen LogP contribution < -0.4 is 21.1 Å². The number of rotatable bonds is 8. The molecule has 0 aliphatic heterocycles. The highest BCUT2D eigenvalue weighted by molar-refractivity contribution is 7.89. The van der Waals surface area contributed by atoms with E-state index in [9.17, 15) is 18.0 Å². The lowest BCUT2D eigenvalue weighted by Crippen LogP contribution is -2.51. The summed E-state index contributed by atoms with van der Waals surface area (Å²) in [6.07, 6.45) is 0.666. The summed E-state index contributed by atoms with van der Waals surface area (Å²) in [5.74, 6) is -0.543. The molecule has 0 aromatic heterocycles. The number of carbonyl (C=O) groups excluding carboxylic acids is 2. The number of nitrogens with one attached hydrogen (secondary N) is 3. The summed E-state index contributed by atoms with van der Waals surface area (Å²) < 4.78 is 27.9. The van der Waals surface area contributed by atoms with Crippen LogP contribution in [-0.4, -0.2) is 31.9 Å². The van der Waals surface area contributed by atoms with Crippen molar-refractivity contribution < 1.29 is 18.0 Å². The van der Waals surface area contributed by atoms with Gasteiger partial charge in [-0.05, 0) is 38.3 Å². The predicted molar refractivity (Wildman–Crippen MR) is 104 cm³/mol. The van der Waals surface area contributed by atoms with Gasteiger partial charge in [-0.3, -0.25) is 4.79 Å². The van der Waals surface area contributed by atoms with Crippen molar-refractivity contribution in [3.05, 3.63) is 29.8 Å². The van der Waals surface area contributed by atoms with Crippen LogP contribution in [0, 0.1) is 5.92 Å². The third kappa shape index (κ3) is 7.18. The summed E-state index contributed by atoms with van der Waals surface area (Å²) in [7, 11) is -3.75. The SMILES string of the molecule is CC[C@H](C)[C@@H](NC(N)=O)C(=O)NCc1ccccc1S(=O)(=O)NC(C)(C)C. The van der Waals surface area contributed by atoms with Gasteiger partial charge in [-0.2, -0.15) is 0 Å². The zero-order chi connectivity index (χ0) is 20.8. The van der Waals surface area contributed by atoms with Crippen molar-refractivity contribution in [1.29, 1.82) is 0 Å². The molecule has 0 radical (unpaired) electrons. The minimum absolute atomic E-state index is 0.00738. The zero-order valence-corrected chi connectivity index (χ0v) is 17.3.